The van der Waals surface area contributed by atoms with Gasteiger partial charge in [-0.3, -0.25) is 0 Å². The highest BCUT2D eigenvalue weighted by atomic mass is 35.5. The molecule has 0 spiro atoms. The van der Waals surface area contributed by atoms with E-state index in [0.717, 1.165) is 32.9 Å². The van der Waals surface area contributed by atoms with Crippen LogP contribution in [0.2, 0.25) is 0 Å². The molecule has 164 valence electrons. The van der Waals surface area contributed by atoms with E-state index in [1.54, 1.807) is 13.8 Å². The molecule has 2 aromatic carbocycles. The molecule has 2 heterocycles. The lowest BCUT2D eigenvalue weighted by atomic mass is 10.1. The standard InChI is InChI=1S/C12H12ClNO.C12H13NO2.ClH/c1-8-3-5-10(6-4-8)12-14-11(7-13)9(2)15-12;1-8-4-6-11(7-5-8)12-13(14)9(2)10(3)15-12;/h3-6H,7H2,1-2H3;4-7H,1-3H3;1H. The first-order chi connectivity index (χ1) is 14.3. The van der Waals surface area contributed by atoms with Gasteiger partial charge < -0.3 is 14.0 Å². The van der Waals surface area contributed by atoms with Gasteiger partial charge in [-0.05, 0) is 45.0 Å². The molecule has 0 radical (unpaired) electrons. The van der Waals surface area contributed by atoms with Crippen LogP contribution in [0.3, 0.4) is 0 Å². The number of benzene rings is 2. The van der Waals surface area contributed by atoms with Crippen LogP contribution in [0.1, 0.15) is 34.0 Å². The number of halogens is 2. The second-order valence-electron chi connectivity index (χ2n) is 7.23. The van der Waals surface area contributed by atoms with Crippen molar-refractivity contribution in [2.24, 2.45) is 0 Å². The molecule has 0 atom stereocenters. The first kappa shape index (κ1) is 24.5. The Hall–Kier alpha value is -2.76. The number of nitrogens with zero attached hydrogens (tertiary/aromatic N) is 2. The van der Waals surface area contributed by atoms with Gasteiger partial charge in [-0.25, -0.2) is 4.98 Å². The van der Waals surface area contributed by atoms with Crippen LogP contribution in [0.15, 0.2) is 57.4 Å². The van der Waals surface area contributed by atoms with Crippen LogP contribution in [-0.2, 0) is 5.88 Å². The SMILES string of the molecule is Cc1ccc(-c2nc(CCl)c(C)o2)cc1.Cc1ccc(-c2oc(C)c(C)[n+]2[O-])cc1.Cl. The molecule has 0 N–H and O–H groups in total. The molecule has 4 aromatic rings. The van der Waals surface area contributed by atoms with Crippen molar-refractivity contribution in [2.75, 3.05) is 0 Å². The number of aryl methyl sites for hydroxylation is 4. The van der Waals surface area contributed by atoms with Crippen LogP contribution in [0.4, 0.5) is 0 Å². The Morgan fingerprint density at radius 1 is 0.806 bits per heavy atom. The van der Waals surface area contributed by atoms with Crippen LogP contribution >= 0.6 is 24.0 Å². The maximum Gasteiger partial charge on any atom is 0.392 e. The zero-order chi connectivity index (χ0) is 21.8. The summed E-state index contributed by atoms with van der Waals surface area (Å²) in [5, 5.41) is 11.7. The van der Waals surface area contributed by atoms with Gasteiger partial charge in [0.1, 0.15) is 5.76 Å². The average molecular weight is 461 g/mol. The summed E-state index contributed by atoms with van der Waals surface area (Å²) in [7, 11) is 0. The van der Waals surface area contributed by atoms with Crippen molar-refractivity contribution in [3.05, 3.63) is 87.8 Å². The number of hydrogen-bond donors (Lipinski definition) is 0. The topological polar surface area (TPSA) is 66.1 Å². The third-order valence-electron chi connectivity index (χ3n) is 4.86. The van der Waals surface area contributed by atoms with Crippen molar-refractivity contribution < 1.29 is 13.6 Å². The maximum absolute atomic E-state index is 11.7. The summed E-state index contributed by atoms with van der Waals surface area (Å²) in [5.74, 6) is 2.86. The van der Waals surface area contributed by atoms with Crippen LogP contribution in [0.25, 0.3) is 22.9 Å². The van der Waals surface area contributed by atoms with Gasteiger partial charge in [0.05, 0.1) is 17.1 Å². The predicted molar refractivity (Wildman–Crippen MR) is 126 cm³/mol. The molecule has 0 amide bonds. The van der Waals surface area contributed by atoms with Crippen molar-refractivity contribution >= 4 is 24.0 Å². The molecule has 0 saturated heterocycles. The monoisotopic (exact) mass is 460 g/mol. The van der Waals surface area contributed by atoms with E-state index in [0.29, 0.717) is 29.1 Å². The van der Waals surface area contributed by atoms with Crippen molar-refractivity contribution in [1.29, 1.82) is 0 Å². The fourth-order valence-corrected chi connectivity index (χ4v) is 3.05. The van der Waals surface area contributed by atoms with E-state index in [1.165, 1.54) is 5.56 Å². The Morgan fingerprint density at radius 2 is 1.32 bits per heavy atom. The highest BCUT2D eigenvalue weighted by molar-refractivity contribution is 6.17. The van der Waals surface area contributed by atoms with E-state index >= 15 is 0 Å². The van der Waals surface area contributed by atoms with Gasteiger partial charge in [0.2, 0.25) is 11.6 Å². The van der Waals surface area contributed by atoms with Crippen LogP contribution < -0.4 is 4.73 Å². The fourth-order valence-electron chi connectivity index (χ4n) is 2.80. The Labute approximate surface area is 193 Å². The van der Waals surface area contributed by atoms with E-state index in [4.69, 9.17) is 20.4 Å². The molecule has 0 aliphatic carbocycles. The van der Waals surface area contributed by atoms with Gasteiger partial charge in [0, 0.05) is 19.4 Å². The quantitative estimate of drug-likeness (QED) is 0.195. The lowest BCUT2D eigenvalue weighted by molar-refractivity contribution is -0.602. The summed E-state index contributed by atoms with van der Waals surface area (Å²) in [6, 6.07) is 15.8. The molecule has 0 aliphatic heterocycles. The second-order valence-corrected chi connectivity index (χ2v) is 7.50. The summed E-state index contributed by atoms with van der Waals surface area (Å²) in [5.41, 5.74) is 5.61. The van der Waals surface area contributed by atoms with Crippen molar-refractivity contribution in [1.82, 2.24) is 4.98 Å². The van der Waals surface area contributed by atoms with Crippen LogP contribution in [0.5, 0.6) is 0 Å². The molecule has 4 rings (SSSR count). The maximum atomic E-state index is 11.7. The number of oxazole rings is 2. The average Bonchev–Trinajstić information content (AvgIpc) is 3.24. The van der Waals surface area contributed by atoms with Crippen molar-refractivity contribution in [3.8, 4) is 22.9 Å². The van der Waals surface area contributed by atoms with E-state index in [-0.39, 0.29) is 12.4 Å². The molecule has 0 saturated carbocycles. The highest BCUT2D eigenvalue weighted by Gasteiger charge is 2.19. The number of hydrogen-bond acceptors (Lipinski definition) is 4. The molecular formula is C24H26Cl2N2O3. The molecule has 7 heteroatoms. The van der Waals surface area contributed by atoms with E-state index in [9.17, 15) is 5.21 Å². The van der Waals surface area contributed by atoms with E-state index in [1.807, 2.05) is 62.4 Å². The van der Waals surface area contributed by atoms with Gasteiger partial charge in [-0.15, -0.1) is 28.7 Å². The minimum absolute atomic E-state index is 0. The Bertz CT molecular complexity index is 1130. The van der Waals surface area contributed by atoms with Gasteiger partial charge in [-0.1, -0.05) is 35.4 Å². The van der Waals surface area contributed by atoms with E-state index in [2.05, 4.69) is 11.9 Å². The summed E-state index contributed by atoms with van der Waals surface area (Å²) in [4.78, 5) is 4.33. The number of rotatable bonds is 3. The molecule has 0 fully saturated rings. The molecular weight excluding hydrogens is 435 g/mol. The first-order valence-electron chi connectivity index (χ1n) is 9.66. The zero-order valence-electron chi connectivity index (χ0n) is 18.2. The largest absolute Gasteiger partial charge is 0.616 e. The van der Waals surface area contributed by atoms with Crippen molar-refractivity contribution in [2.45, 2.75) is 40.5 Å². The molecule has 0 bridgehead atoms. The lowest BCUT2D eigenvalue weighted by Gasteiger charge is -1.97. The Morgan fingerprint density at radius 3 is 1.74 bits per heavy atom. The summed E-state index contributed by atoms with van der Waals surface area (Å²) in [6.07, 6.45) is 0. The molecule has 0 aliphatic rings. The first-order valence-corrected chi connectivity index (χ1v) is 10.2. The third-order valence-corrected chi connectivity index (χ3v) is 5.12. The van der Waals surface area contributed by atoms with Gasteiger partial charge >= 0.3 is 5.89 Å². The van der Waals surface area contributed by atoms with Gasteiger partial charge in [-0.2, -0.15) is 0 Å². The van der Waals surface area contributed by atoms with Crippen molar-refractivity contribution in [3.63, 3.8) is 0 Å². The molecule has 5 nitrogen and oxygen atoms in total. The zero-order valence-corrected chi connectivity index (χ0v) is 19.8. The number of aromatic nitrogens is 2. The Kier molecular flexibility index (Phi) is 8.31. The summed E-state index contributed by atoms with van der Waals surface area (Å²) >= 11 is 5.74. The molecule has 0 unspecified atom stereocenters. The lowest BCUT2D eigenvalue weighted by Crippen LogP contribution is -2.29. The van der Waals surface area contributed by atoms with Gasteiger partial charge in [0.15, 0.2) is 5.76 Å². The fraction of sp³-hybridized carbons (Fsp3) is 0.250. The normalized spacial score (nSPS) is 10.3. The smallest absolute Gasteiger partial charge is 0.392 e. The minimum atomic E-state index is 0. The number of alkyl halides is 1. The Balaban J connectivity index is 0.000000213. The van der Waals surface area contributed by atoms with Gasteiger partial charge in [0.25, 0.3) is 0 Å². The highest BCUT2D eigenvalue weighted by Crippen LogP contribution is 2.23. The minimum Gasteiger partial charge on any atom is -0.616 e. The van der Waals surface area contributed by atoms with Crippen LogP contribution in [-0.4, -0.2) is 4.98 Å². The van der Waals surface area contributed by atoms with Crippen LogP contribution in [0, 0.1) is 39.8 Å². The molecule has 31 heavy (non-hydrogen) atoms. The summed E-state index contributed by atoms with van der Waals surface area (Å²) in [6.45, 7) is 9.48. The van der Waals surface area contributed by atoms with E-state index < -0.39 is 0 Å². The summed E-state index contributed by atoms with van der Waals surface area (Å²) < 4.78 is 11.8. The molecule has 2 aromatic heterocycles. The second kappa shape index (κ2) is 10.5. The predicted octanol–water partition coefficient (Wildman–Crippen LogP) is 6.62. The third kappa shape index (κ3) is 5.69.